The summed E-state index contributed by atoms with van der Waals surface area (Å²) in [6.45, 7) is 5.82. The van der Waals surface area contributed by atoms with Gasteiger partial charge in [0.2, 0.25) is 0 Å². The van der Waals surface area contributed by atoms with Crippen LogP contribution in [0.25, 0.3) is 0 Å². The number of unbranched alkanes of at least 4 members (excludes halogenated alkanes) is 1. The van der Waals surface area contributed by atoms with Crippen molar-refractivity contribution in [2.75, 3.05) is 24.6 Å². The van der Waals surface area contributed by atoms with E-state index in [9.17, 15) is 0 Å². The van der Waals surface area contributed by atoms with Gasteiger partial charge in [-0.3, -0.25) is 0 Å². The third kappa shape index (κ3) is 4.78. The molecule has 18 heavy (non-hydrogen) atoms. The van der Waals surface area contributed by atoms with Gasteiger partial charge in [-0.25, -0.2) is 9.97 Å². The van der Waals surface area contributed by atoms with Gasteiger partial charge in [0.15, 0.2) is 0 Å². The zero-order valence-corrected chi connectivity index (χ0v) is 11.9. The Morgan fingerprint density at radius 2 is 2.00 bits per heavy atom. The molecular formula is C13H22ClN3O. The molecule has 0 unspecified atom stereocenters. The van der Waals surface area contributed by atoms with Gasteiger partial charge < -0.3 is 10.0 Å². The number of aliphatic hydroxyl groups excluding tert-OH is 1. The number of hydrogen-bond donors (Lipinski definition) is 1. The summed E-state index contributed by atoms with van der Waals surface area (Å²) in [7, 11) is 0. The van der Waals surface area contributed by atoms with Crippen molar-refractivity contribution in [3.05, 3.63) is 17.0 Å². The Balaban J connectivity index is 2.87. The van der Waals surface area contributed by atoms with Crippen molar-refractivity contribution in [1.82, 2.24) is 9.97 Å². The lowest BCUT2D eigenvalue weighted by Crippen LogP contribution is -2.29. The van der Waals surface area contributed by atoms with Crippen LogP contribution in [0.15, 0.2) is 6.07 Å². The van der Waals surface area contributed by atoms with Gasteiger partial charge in [-0.05, 0) is 12.8 Å². The van der Waals surface area contributed by atoms with Crippen molar-refractivity contribution in [2.45, 2.75) is 39.5 Å². The minimum Gasteiger partial charge on any atom is -0.395 e. The molecule has 0 saturated carbocycles. The van der Waals surface area contributed by atoms with E-state index in [1.165, 1.54) is 0 Å². The van der Waals surface area contributed by atoms with Crippen molar-refractivity contribution in [2.24, 2.45) is 0 Å². The van der Waals surface area contributed by atoms with E-state index in [2.05, 4.69) is 28.7 Å². The topological polar surface area (TPSA) is 49.2 Å². The molecule has 0 fully saturated rings. The first-order chi connectivity index (χ1) is 8.71. The van der Waals surface area contributed by atoms with Crippen LogP contribution in [-0.4, -0.2) is 34.8 Å². The molecular weight excluding hydrogens is 250 g/mol. The fraction of sp³-hybridized carbons (Fsp3) is 0.692. The Bertz CT molecular complexity index is 360. The highest BCUT2D eigenvalue weighted by Crippen LogP contribution is 2.17. The van der Waals surface area contributed by atoms with Crippen LogP contribution >= 0.6 is 11.6 Å². The number of aryl methyl sites for hydroxylation is 1. The number of rotatable bonds is 8. The molecule has 0 saturated heterocycles. The van der Waals surface area contributed by atoms with Crippen molar-refractivity contribution in [3.8, 4) is 0 Å². The van der Waals surface area contributed by atoms with Gasteiger partial charge in [-0.15, -0.1) is 0 Å². The highest BCUT2D eigenvalue weighted by molar-refractivity contribution is 6.29. The smallest absolute Gasteiger partial charge is 0.134 e. The van der Waals surface area contributed by atoms with Gasteiger partial charge in [0.25, 0.3) is 0 Å². The fourth-order valence-corrected chi connectivity index (χ4v) is 1.95. The van der Waals surface area contributed by atoms with Gasteiger partial charge in [-0.2, -0.15) is 0 Å². The molecule has 0 atom stereocenters. The second-order valence-corrected chi connectivity index (χ2v) is 4.67. The average molecular weight is 272 g/mol. The van der Waals surface area contributed by atoms with Crippen molar-refractivity contribution < 1.29 is 5.11 Å². The van der Waals surface area contributed by atoms with Gasteiger partial charge in [-0.1, -0.05) is 31.9 Å². The first-order valence-electron chi connectivity index (χ1n) is 6.60. The van der Waals surface area contributed by atoms with Crippen LogP contribution in [0.3, 0.4) is 0 Å². The summed E-state index contributed by atoms with van der Waals surface area (Å²) in [6.07, 6.45) is 4.01. The standard InChI is InChI=1S/C13H22ClN3O/c1-3-5-7-17(8-9-18)13-10-11(14)15-12(16-13)6-4-2/h10,18H,3-9H2,1-2H3. The third-order valence-corrected chi connectivity index (χ3v) is 2.87. The number of hydrogen-bond acceptors (Lipinski definition) is 4. The van der Waals surface area contributed by atoms with Crippen LogP contribution in [0.4, 0.5) is 5.82 Å². The molecule has 0 aliphatic heterocycles. The van der Waals surface area contributed by atoms with Crippen LogP contribution in [-0.2, 0) is 6.42 Å². The van der Waals surface area contributed by atoms with Gasteiger partial charge in [0.05, 0.1) is 6.61 Å². The lowest BCUT2D eigenvalue weighted by molar-refractivity contribution is 0.301. The first kappa shape index (κ1) is 15.2. The number of halogens is 1. The van der Waals surface area contributed by atoms with Crippen LogP contribution < -0.4 is 4.90 Å². The van der Waals surface area contributed by atoms with Crippen LogP contribution in [0.2, 0.25) is 5.15 Å². The number of aliphatic hydroxyl groups is 1. The third-order valence-electron chi connectivity index (χ3n) is 2.68. The molecule has 0 amide bonds. The SMILES string of the molecule is CCCCN(CCO)c1cc(Cl)nc(CCC)n1. The quantitative estimate of drug-likeness (QED) is 0.739. The molecule has 1 rings (SSSR count). The first-order valence-corrected chi connectivity index (χ1v) is 6.98. The monoisotopic (exact) mass is 271 g/mol. The number of anilines is 1. The Hall–Kier alpha value is -0.870. The van der Waals surface area contributed by atoms with E-state index in [4.69, 9.17) is 16.7 Å². The Labute approximate surface area is 114 Å². The van der Waals surface area contributed by atoms with E-state index in [0.717, 1.165) is 43.9 Å². The summed E-state index contributed by atoms with van der Waals surface area (Å²) in [5.41, 5.74) is 0. The van der Waals surface area contributed by atoms with Gasteiger partial charge >= 0.3 is 0 Å². The summed E-state index contributed by atoms with van der Waals surface area (Å²) in [5.74, 6) is 1.60. The molecule has 1 heterocycles. The van der Waals surface area contributed by atoms with Gasteiger partial charge in [0, 0.05) is 25.6 Å². The Kier molecular flexibility index (Phi) is 6.98. The number of aromatic nitrogens is 2. The Morgan fingerprint density at radius 1 is 1.22 bits per heavy atom. The lowest BCUT2D eigenvalue weighted by atomic mass is 10.3. The maximum Gasteiger partial charge on any atom is 0.134 e. The maximum atomic E-state index is 9.12. The molecule has 5 heteroatoms. The minimum absolute atomic E-state index is 0.119. The minimum atomic E-state index is 0.119. The van der Waals surface area contributed by atoms with Crippen LogP contribution in [0.1, 0.15) is 38.9 Å². The highest BCUT2D eigenvalue weighted by atomic mass is 35.5. The van der Waals surface area contributed by atoms with E-state index >= 15 is 0 Å². The second kappa shape index (κ2) is 8.27. The summed E-state index contributed by atoms with van der Waals surface area (Å²) in [4.78, 5) is 10.8. The zero-order chi connectivity index (χ0) is 13.4. The largest absolute Gasteiger partial charge is 0.395 e. The van der Waals surface area contributed by atoms with E-state index < -0.39 is 0 Å². The predicted molar refractivity (Wildman–Crippen MR) is 75.2 cm³/mol. The molecule has 0 aromatic carbocycles. The molecule has 0 bridgehead atoms. The molecule has 1 N–H and O–H groups in total. The zero-order valence-electron chi connectivity index (χ0n) is 11.2. The molecule has 102 valence electrons. The lowest BCUT2D eigenvalue weighted by Gasteiger charge is -2.23. The summed E-state index contributed by atoms with van der Waals surface area (Å²) < 4.78 is 0. The van der Waals surface area contributed by atoms with Crippen LogP contribution in [0, 0.1) is 0 Å². The van der Waals surface area contributed by atoms with Crippen molar-refractivity contribution in [3.63, 3.8) is 0 Å². The number of nitrogens with zero attached hydrogens (tertiary/aromatic N) is 3. The molecule has 0 spiro atoms. The van der Waals surface area contributed by atoms with E-state index in [1.54, 1.807) is 6.07 Å². The normalized spacial score (nSPS) is 10.7. The second-order valence-electron chi connectivity index (χ2n) is 4.28. The summed E-state index contributed by atoms with van der Waals surface area (Å²) in [5, 5.41) is 9.60. The van der Waals surface area contributed by atoms with E-state index in [0.29, 0.717) is 11.7 Å². The van der Waals surface area contributed by atoms with Crippen molar-refractivity contribution >= 4 is 17.4 Å². The highest BCUT2D eigenvalue weighted by Gasteiger charge is 2.10. The average Bonchev–Trinajstić information content (AvgIpc) is 2.34. The van der Waals surface area contributed by atoms with Gasteiger partial charge in [0.1, 0.15) is 16.8 Å². The van der Waals surface area contributed by atoms with Crippen LogP contribution in [0.5, 0.6) is 0 Å². The van der Waals surface area contributed by atoms with E-state index in [-0.39, 0.29) is 6.61 Å². The maximum absolute atomic E-state index is 9.12. The van der Waals surface area contributed by atoms with E-state index in [1.807, 2.05) is 0 Å². The summed E-state index contributed by atoms with van der Waals surface area (Å²) in [6, 6.07) is 1.77. The molecule has 0 radical (unpaired) electrons. The molecule has 1 aromatic heterocycles. The predicted octanol–water partition coefficient (Wildman–Crippen LogP) is 2.68. The fourth-order valence-electron chi connectivity index (χ4n) is 1.76. The molecule has 4 nitrogen and oxygen atoms in total. The summed E-state index contributed by atoms with van der Waals surface area (Å²) >= 11 is 6.02. The molecule has 1 aromatic rings. The molecule has 0 aliphatic rings. The molecule has 0 aliphatic carbocycles. The Morgan fingerprint density at radius 3 is 2.61 bits per heavy atom. The van der Waals surface area contributed by atoms with Crippen molar-refractivity contribution in [1.29, 1.82) is 0 Å².